The van der Waals surface area contributed by atoms with Crippen molar-refractivity contribution in [3.63, 3.8) is 0 Å². The maximum atomic E-state index is 3.75. The summed E-state index contributed by atoms with van der Waals surface area (Å²) in [6.45, 7) is 3.64. The van der Waals surface area contributed by atoms with Gasteiger partial charge in [0, 0.05) is 11.3 Å². The first-order valence-electron chi connectivity index (χ1n) is 6.21. The molecule has 0 spiro atoms. The van der Waals surface area contributed by atoms with Crippen LogP contribution in [0.1, 0.15) is 45.4 Å². The molecule has 82 valence electrons. The van der Waals surface area contributed by atoms with Crippen molar-refractivity contribution in [1.29, 1.82) is 0 Å². The molecular weight excluding hydrogens is 190 g/mol. The van der Waals surface area contributed by atoms with Crippen molar-refractivity contribution in [1.82, 2.24) is 5.32 Å². The van der Waals surface area contributed by atoms with E-state index in [4.69, 9.17) is 0 Å². The minimum atomic E-state index is 0.800. The molecule has 1 N–H and O–H groups in total. The van der Waals surface area contributed by atoms with Crippen molar-refractivity contribution in [3.05, 3.63) is 0 Å². The summed E-state index contributed by atoms with van der Waals surface area (Å²) in [5.41, 5.74) is 0. The first-order chi connectivity index (χ1) is 6.86. The maximum absolute atomic E-state index is 3.75. The van der Waals surface area contributed by atoms with Gasteiger partial charge in [-0.05, 0) is 37.5 Å². The molecule has 0 amide bonds. The minimum Gasteiger partial charge on any atom is -0.313 e. The zero-order valence-electron chi connectivity index (χ0n) is 9.30. The topological polar surface area (TPSA) is 12.0 Å². The molecule has 0 aromatic rings. The second-order valence-corrected chi connectivity index (χ2v) is 6.35. The first-order valence-corrected chi connectivity index (χ1v) is 7.26. The van der Waals surface area contributed by atoms with Gasteiger partial charge in [0.05, 0.1) is 0 Å². The van der Waals surface area contributed by atoms with Gasteiger partial charge in [-0.3, -0.25) is 0 Å². The largest absolute Gasteiger partial charge is 0.313 e. The van der Waals surface area contributed by atoms with Crippen LogP contribution in [0.25, 0.3) is 0 Å². The molecule has 14 heavy (non-hydrogen) atoms. The summed E-state index contributed by atoms with van der Waals surface area (Å²) < 4.78 is 0. The molecule has 1 aliphatic carbocycles. The monoisotopic (exact) mass is 213 g/mol. The summed E-state index contributed by atoms with van der Waals surface area (Å²) in [7, 11) is 0. The summed E-state index contributed by atoms with van der Waals surface area (Å²) >= 11 is 2.14. The highest BCUT2D eigenvalue weighted by Gasteiger charge is 2.22. The summed E-state index contributed by atoms with van der Waals surface area (Å²) in [5, 5.41) is 4.59. The summed E-state index contributed by atoms with van der Waals surface area (Å²) in [6.07, 6.45) is 8.72. The number of thioether (sulfide) groups is 1. The molecule has 2 aliphatic rings. The minimum absolute atomic E-state index is 0.800. The summed E-state index contributed by atoms with van der Waals surface area (Å²) in [5.74, 6) is 2.44. The molecule has 2 rings (SSSR count). The molecule has 2 fully saturated rings. The van der Waals surface area contributed by atoms with E-state index in [2.05, 4.69) is 24.0 Å². The molecule has 1 nitrogen and oxygen atoms in total. The molecule has 0 aromatic heterocycles. The van der Waals surface area contributed by atoms with Crippen LogP contribution in [0.15, 0.2) is 0 Å². The van der Waals surface area contributed by atoms with E-state index in [9.17, 15) is 0 Å². The Morgan fingerprint density at radius 2 is 2.07 bits per heavy atom. The molecule has 0 bridgehead atoms. The fourth-order valence-corrected chi connectivity index (χ4v) is 3.62. The second-order valence-electron chi connectivity index (χ2n) is 4.86. The van der Waals surface area contributed by atoms with Gasteiger partial charge in [0.2, 0.25) is 0 Å². The Morgan fingerprint density at radius 3 is 2.71 bits per heavy atom. The average Bonchev–Trinajstić information content (AvgIpc) is 2.12. The van der Waals surface area contributed by atoms with Gasteiger partial charge in [-0.2, -0.15) is 11.8 Å². The molecule has 0 radical (unpaired) electrons. The van der Waals surface area contributed by atoms with Crippen molar-refractivity contribution in [2.75, 3.05) is 12.3 Å². The third-order valence-corrected chi connectivity index (χ3v) is 5.17. The highest BCUT2D eigenvalue weighted by atomic mass is 32.2. The van der Waals surface area contributed by atoms with E-state index in [-0.39, 0.29) is 0 Å². The quantitative estimate of drug-likeness (QED) is 0.770. The molecule has 1 saturated heterocycles. The molecule has 2 unspecified atom stereocenters. The van der Waals surface area contributed by atoms with Crippen molar-refractivity contribution in [3.8, 4) is 0 Å². The van der Waals surface area contributed by atoms with E-state index in [1.807, 2.05) is 0 Å². The van der Waals surface area contributed by atoms with E-state index in [1.165, 1.54) is 50.8 Å². The fraction of sp³-hybridized carbons (Fsp3) is 1.00. The zero-order chi connectivity index (χ0) is 9.80. The number of rotatable bonds is 4. The SMILES string of the molecule is CC1SCCCC1NCCC1CCC1. The van der Waals surface area contributed by atoms with Crippen LogP contribution in [0.2, 0.25) is 0 Å². The Bertz CT molecular complexity index is 168. The maximum Gasteiger partial charge on any atom is 0.0184 e. The number of hydrogen-bond donors (Lipinski definition) is 1. The lowest BCUT2D eigenvalue weighted by Gasteiger charge is -2.31. The Hall–Kier alpha value is 0.310. The smallest absolute Gasteiger partial charge is 0.0184 e. The molecule has 2 atom stereocenters. The molecule has 1 saturated carbocycles. The van der Waals surface area contributed by atoms with Crippen molar-refractivity contribution < 1.29 is 0 Å². The van der Waals surface area contributed by atoms with Crippen molar-refractivity contribution >= 4 is 11.8 Å². The van der Waals surface area contributed by atoms with Crippen LogP contribution in [-0.4, -0.2) is 23.6 Å². The van der Waals surface area contributed by atoms with Crippen LogP contribution in [-0.2, 0) is 0 Å². The molecule has 1 heterocycles. The lowest BCUT2D eigenvalue weighted by Crippen LogP contribution is -2.40. The highest BCUT2D eigenvalue weighted by Crippen LogP contribution is 2.29. The molecule has 1 aliphatic heterocycles. The van der Waals surface area contributed by atoms with Crippen LogP contribution in [0.3, 0.4) is 0 Å². The predicted octanol–water partition coefficient (Wildman–Crippen LogP) is 3.05. The van der Waals surface area contributed by atoms with Gasteiger partial charge in [-0.1, -0.05) is 26.2 Å². The Kier molecular flexibility index (Phi) is 4.18. The fourth-order valence-electron chi connectivity index (χ4n) is 2.45. The Balaban J connectivity index is 1.58. The van der Waals surface area contributed by atoms with Gasteiger partial charge in [0.1, 0.15) is 0 Å². The van der Waals surface area contributed by atoms with Gasteiger partial charge in [-0.25, -0.2) is 0 Å². The predicted molar refractivity (Wildman–Crippen MR) is 64.9 cm³/mol. The van der Waals surface area contributed by atoms with E-state index in [0.717, 1.165) is 17.2 Å². The van der Waals surface area contributed by atoms with Crippen LogP contribution in [0.5, 0.6) is 0 Å². The van der Waals surface area contributed by atoms with Gasteiger partial charge in [-0.15, -0.1) is 0 Å². The number of hydrogen-bond acceptors (Lipinski definition) is 2. The van der Waals surface area contributed by atoms with Crippen LogP contribution in [0.4, 0.5) is 0 Å². The summed E-state index contributed by atoms with van der Waals surface area (Å²) in [6, 6.07) is 0.800. The third kappa shape index (κ3) is 2.90. The van der Waals surface area contributed by atoms with E-state index < -0.39 is 0 Å². The second kappa shape index (κ2) is 5.41. The first kappa shape index (κ1) is 10.8. The van der Waals surface area contributed by atoms with Crippen LogP contribution < -0.4 is 5.32 Å². The third-order valence-electron chi connectivity index (χ3n) is 3.79. The highest BCUT2D eigenvalue weighted by molar-refractivity contribution is 7.99. The average molecular weight is 213 g/mol. The lowest BCUT2D eigenvalue weighted by atomic mass is 9.83. The molecular formula is C12H23NS. The van der Waals surface area contributed by atoms with Crippen LogP contribution >= 0.6 is 11.8 Å². The molecule has 0 aromatic carbocycles. The van der Waals surface area contributed by atoms with E-state index in [0.29, 0.717) is 0 Å². The Morgan fingerprint density at radius 1 is 1.21 bits per heavy atom. The van der Waals surface area contributed by atoms with Crippen LogP contribution in [0, 0.1) is 5.92 Å². The van der Waals surface area contributed by atoms with Gasteiger partial charge in [0.25, 0.3) is 0 Å². The standard InChI is InChI=1S/C12H23NS/c1-10-12(6-3-9-14-10)13-8-7-11-4-2-5-11/h10-13H,2-9H2,1H3. The molecule has 2 heteroatoms. The van der Waals surface area contributed by atoms with E-state index >= 15 is 0 Å². The van der Waals surface area contributed by atoms with Crippen molar-refractivity contribution in [2.45, 2.75) is 56.7 Å². The van der Waals surface area contributed by atoms with Crippen molar-refractivity contribution in [2.24, 2.45) is 5.92 Å². The Labute approximate surface area is 92.4 Å². The van der Waals surface area contributed by atoms with Gasteiger partial charge < -0.3 is 5.32 Å². The normalized spacial score (nSPS) is 34.1. The zero-order valence-corrected chi connectivity index (χ0v) is 10.1. The number of nitrogens with one attached hydrogen (secondary N) is 1. The summed E-state index contributed by atoms with van der Waals surface area (Å²) in [4.78, 5) is 0. The van der Waals surface area contributed by atoms with Gasteiger partial charge in [0.15, 0.2) is 0 Å². The van der Waals surface area contributed by atoms with Gasteiger partial charge >= 0.3 is 0 Å². The van der Waals surface area contributed by atoms with E-state index in [1.54, 1.807) is 0 Å². The lowest BCUT2D eigenvalue weighted by molar-refractivity contribution is 0.285.